The lowest BCUT2D eigenvalue weighted by Crippen LogP contribution is -2.40. The van der Waals surface area contributed by atoms with Gasteiger partial charge in [-0.1, -0.05) is 168 Å². The maximum Gasteiger partial charge on any atom is 0.253 e. The Hall–Kier alpha value is -5.31. The summed E-state index contributed by atoms with van der Waals surface area (Å²) in [6.45, 7) is 14.2. The maximum atomic E-state index is 13.2. The summed E-state index contributed by atoms with van der Waals surface area (Å²) in [7, 11) is 0. The van der Waals surface area contributed by atoms with Gasteiger partial charge in [0.15, 0.2) is 0 Å². The molecule has 0 bridgehead atoms. The molecule has 628 valence electrons. The average molecular weight is 1540 g/mol. The number of hydrogen-bond acceptors (Lipinski definition) is 21. The van der Waals surface area contributed by atoms with E-state index in [-0.39, 0.29) is 159 Å². The van der Waals surface area contributed by atoms with Crippen LogP contribution in [-0.2, 0) is 100.0 Å². The van der Waals surface area contributed by atoms with Crippen molar-refractivity contribution in [3.8, 4) is 0 Å². The van der Waals surface area contributed by atoms with Gasteiger partial charge in [0.25, 0.3) is 11.8 Å². The third-order valence-electron chi connectivity index (χ3n) is 17.4. The lowest BCUT2D eigenvalue weighted by Gasteiger charge is -2.24. The van der Waals surface area contributed by atoms with E-state index >= 15 is 0 Å². The number of amides is 9. The van der Waals surface area contributed by atoms with Crippen LogP contribution in [0.1, 0.15) is 226 Å². The van der Waals surface area contributed by atoms with Crippen LogP contribution in [0.3, 0.4) is 0 Å². The molecule has 29 nitrogen and oxygen atoms in total. The molecule has 1 rings (SSSR count). The van der Waals surface area contributed by atoms with Gasteiger partial charge < -0.3 is 93.6 Å². The molecule has 1 aliphatic rings. The van der Waals surface area contributed by atoms with Crippen molar-refractivity contribution in [2.45, 2.75) is 226 Å². The van der Waals surface area contributed by atoms with Crippen molar-refractivity contribution in [2.24, 2.45) is 0 Å². The summed E-state index contributed by atoms with van der Waals surface area (Å²) in [6, 6.07) is 0. The molecule has 9 amide bonds. The van der Waals surface area contributed by atoms with Gasteiger partial charge in [-0.2, -0.15) is 0 Å². The first-order valence-electron chi connectivity index (χ1n) is 41.3. The zero-order chi connectivity index (χ0) is 78.2. The van der Waals surface area contributed by atoms with Crippen LogP contribution in [0, 0.1) is 0 Å². The van der Waals surface area contributed by atoms with Crippen molar-refractivity contribution in [2.75, 3.05) is 217 Å². The van der Waals surface area contributed by atoms with Crippen LogP contribution < -0.4 is 31.9 Å². The summed E-state index contributed by atoms with van der Waals surface area (Å²) in [5, 5.41) is 16.9. The van der Waals surface area contributed by atoms with E-state index in [0.29, 0.717) is 145 Å². The van der Waals surface area contributed by atoms with Crippen molar-refractivity contribution in [3.63, 3.8) is 0 Å². The van der Waals surface area contributed by atoms with Crippen LogP contribution in [0.2, 0.25) is 0 Å². The fourth-order valence-corrected chi connectivity index (χ4v) is 11.0. The largest absolute Gasteiger partial charge is 0.379 e. The quantitative estimate of drug-likeness (QED) is 0.0253. The zero-order valence-corrected chi connectivity index (χ0v) is 66.8. The van der Waals surface area contributed by atoms with Crippen molar-refractivity contribution in [1.82, 2.24) is 41.7 Å². The molecule has 6 N–H and O–H groups in total. The number of carbonyl (C=O) groups is 9. The fourth-order valence-electron chi connectivity index (χ4n) is 11.0. The van der Waals surface area contributed by atoms with Crippen LogP contribution in [0.4, 0.5) is 0 Å². The maximum absolute atomic E-state index is 13.2. The normalized spacial score (nSPS) is 12.0. The molecule has 0 unspecified atom stereocenters. The summed E-state index contributed by atoms with van der Waals surface area (Å²) < 4.78 is 66.7. The number of ether oxygens (including phenoxy) is 12. The molecule has 0 aromatic carbocycles. The molecule has 0 atom stereocenters. The van der Waals surface area contributed by atoms with E-state index in [1.165, 1.54) is 153 Å². The predicted molar refractivity (Wildman–Crippen MR) is 414 cm³/mol. The van der Waals surface area contributed by atoms with Gasteiger partial charge in [0.1, 0.15) is 0 Å². The Labute approximate surface area is 647 Å². The van der Waals surface area contributed by atoms with Crippen molar-refractivity contribution in [1.29, 1.82) is 0 Å². The fraction of sp³-hybridized carbons (Fsp3) is 0.861. The first-order valence-corrected chi connectivity index (χ1v) is 41.3. The second kappa shape index (κ2) is 79.8. The summed E-state index contributed by atoms with van der Waals surface area (Å²) in [4.78, 5) is 113. The molecule has 0 spiro atoms. The SMILES string of the molecule is CCCCCCCCCCCCCCCC(=O)NCCOCCNC(=O)CCOCCNC(=O)CCOCCOCCOCCOCCN(CCOCCOCCOCCOCCC(=O)NCCOCCC(=O)NCCOCCNC(=O)CCCCCCCCCCCCCCC)C(=O)CCN1C(=O)C=CC1=O. The van der Waals surface area contributed by atoms with Crippen LogP contribution in [-0.4, -0.2) is 280 Å². The third-order valence-corrected chi connectivity index (χ3v) is 17.4. The number of nitrogens with one attached hydrogen (secondary N) is 6. The van der Waals surface area contributed by atoms with Crippen molar-refractivity contribution >= 4 is 53.2 Å². The zero-order valence-electron chi connectivity index (χ0n) is 66.8. The van der Waals surface area contributed by atoms with Crippen LogP contribution >= 0.6 is 0 Å². The van der Waals surface area contributed by atoms with Gasteiger partial charge in [-0.25, -0.2) is 0 Å². The minimum absolute atomic E-state index is 0.0418. The third kappa shape index (κ3) is 71.0. The molecule has 0 aromatic rings. The number of unbranched alkanes of at least 4 members (excludes halogenated alkanes) is 24. The molecule has 0 aliphatic carbocycles. The minimum Gasteiger partial charge on any atom is -0.379 e. The molecular weight excluding hydrogens is 1400 g/mol. The Kier molecular flexibility index (Phi) is 74.4. The first kappa shape index (κ1) is 101. The van der Waals surface area contributed by atoms with Gasteiger partial charge in [-0.15, -0.1) is 0 Å². The van der Waals surface area contributed by atoms with Crippen molar-refractivity contribution in [3.05, 3.63) is 12.2 Å². The lowest BCUT2D eigenvalue weighted by molar-refractivity contribution is -0.139. The molecule has 0 fully saturated rings. The molecule has 1 heterocycles. The number of hydrogen-bond donors (Lipinski definition) is 6. The smallest absolute Gasteiger partial charge is 0.253 e. The molecule has 108 heavy (non-hydrogen) atoms. The molecule has 29 heteroatoms. The Morgan fingerprint density at radius 2 is 0.463 bits per heavy atom. The van der Waals surface area contributed by atoms with Crippen LogP contribution in [0.5, 0.6) is 0 Å². The number of nitrogens with zero attached hydrogens (tertiary/aromatic N) is 2. The van der Waals surface area contributed by atoms with E-state index in [2.05, 4.69) is 45.7 Å². The molecular formula is C79H146N8O21. The van der Waals surface area contributed by atoms with Gasteiger partial charge in [0.05, 0.1) is 159 Å². The van der Waals surface area contributed by atoms with Gasteiger partial charge in [0, 0.05) is 116 Å². The predicted octanol–water partition coefficient (Wildman–Crippen LogP) is 7.55. The van der Waals surface area contributed by atoms with E-state index in [4.69, 9.17) is 56.8 Å². The van der Waals surface area contributed by atoms with Gasteiger partial charge in [-0.05, 0) is 12.8 Å². The second-order valence-electron chi connectivity index (χ2n) is 26.7. The van der Waals surface area contributed by atoms with Gasteiger partial charge in [0.2, 0.25) is 41.4 Å². The highest BCUT2D eigenvalue weighted by atomic mass is 16.6. The van der Waals surface area contributed by atoms with Gasteiger partial charge >= 0.3 is 0 Å². The Morgan fingerprint density at radius 3 is 0.722 bits per heavy atom. The molecule has 0 saturated heterocycles. The first-order chi connectivity index (χ1) is 53.0. The van der Waals surface area contributed by atoms with E-state index < -0.39 is 11.8 Å². The Morgan fingerprint density at radius 1 is 0.259 bits per heavy atom. The van der Waals surface area contributed by atoms with Crippen molar-refractivity contribution < 1.29 is 100.0 Å². The number of rotatable bonds is 85. The van der Waals surface area contributed by atoms with Crippen LogP contribution in [0.25, 0.3) is 0 Å². The number of imide groups is 1. The molecule has 0 radical (unpaired) electrons. The molecule has 0 aromatic heterocycles. The average Bonchev–Trinajstić information content (AvgIpc) is 1.71. The van der Waals surface area contributed by atoms with E-state index in [0.717, 1.165) is 30.6 Å². The van der Waals surface area contributed by atoms with Gasteiger partial charge in [-0.3, -0.25) is 48.1 Å². The highest BCUT2D eigenvalue weighted by molar-refractivity contribution is 6.13. The molecule has 1 aliphatic heterocycles. The van der Waals surface area contributed by atoms with E-state index in [1.54, 1.807) is 4.90 Å². The van der Waals surface area contributed by atoms with E-state index in [9.17, 15) is 43.2 Å². The minimum atomic E-state index is -0.458. The number of carbonyl (C=O) groups excluding carboxylic acids is 9. The van der Waals surface area contributed by atoms with E-state index in [1.807, 2.05) is 0 Å². The summed E-state index contributed by atoms with van der Waals surface area (Å²) in [5.74, 6) is -1.75. The monoisotopic (exact) mass is 1540 g/mol. The summed E-state index contributed by atoms with van der Waals surface area (Å²) in [6.07, 6.45) is 37.3. The summed E-state index contributed by atoms with van der Waals surface area (Å²) >= 11 is 0. The second-order valence-corrected chi connectivity index (χ2v) is 26.7. The lowest BCUT2D eigenvalue weighted by atomic mass is 10.0. The standard InChI is InChI=1S/C79H146N8O21/c1-3-5-7-9-11-13-15-17-19-21-23-25-27-29-71(88)80-40-53-101-55-42-84-73(90)34-47-97-51-38-82-75(92)36-49-99-59-63-105-67-69-107-65-61-103-57-45-86(77(94)33-44-87-78(95)31-32-79(87)96)46-58-104-62-66-108-70-68-106-64-60-100-50-37-76(93)83-39-52-98-48-35-74(91)85-43-56-102-54-41-81-72(89)30-28-26-24-22-20-18-16-14-12-10-8-6-4-2/h31-32H,3-30,33-70H2,1-2H3,(H,80,88)(H,81,89)(H,82,92)(H,83,93)(H,84,90)(H,85,91). The Balaban J connectivity index is 1.96. The highest BCUT2D eigenvalue weighted by Crippen LogP contribution is 2.15. The topological polar surface area (TPSA) is 343 Å². The Bertz CT molecular complexity index is 2090. The summed E-state index contributed by atoms with van der Waals surface area (Å²) in [5.41, 5.74) is 0. The van der Waals surface area contributed by atoms with Crippen LogP contribution in [0.15, 0.2) is 12.2 Å². The highest BCUT2D eigenvalue weighted by Gasteiger charge is 2.25. The molecule has 0 saturated carbocycles.